The molecular weight excluding hydrogens is 188 g/mol. The number of allylic oxidation sites excluding steroid dienone is 2. The summed E-state index contributed by atoms with van der Waals surface area (Å²) in [6.07, 6.45) is 4.57. The van der Waals surface area contributed by atoms with Gasteiger partial charge < -0.3 is 9.64 Å². The quantitative estimate of drug-likeness (QED) is 0.366. The van der Waals surface area contributed by atoms with Gasteiger partial charge in [-0.25, -0.2) is 4.99 Å². The van der Waals surface area contributed by atoms with Crippen LogP contribution in [0.1, 0.15) is 20.3 Å². The molecule has 0 aromatic heterocycles. The van der Waals surface area contributed by atoms with Crippen LogP contribution in [-0.2, 0) is 4.74 Å². The van der Waals surface area contributed by atoms with Crippen LogP contribution in [0.15, 0.2) is 29.1 Å². The monoisotopic (exact) mass is 210 g/mol. The molecule has 0 heterocycles. The lowest BCUT2D eigenvalue weighted by Crippen LogP contribution is -2.14. The predicted octanol–water partition coefficient (Wildman–Crippen LogP) is 2.46. The summed E-state index contributed by atoms with van der Waals surface area (Å²) in [5, 5.41) is 0. The van der Waals surface area contributed by atoms with Gasteiger partial charge in [0, 0.05) is 12.8 Å². The summed E-state index contributed by atoms with van der Waals surface area (Å²) < 4.78 is 5.49. The van der Waals surface area contributed by atoms with E-state index in [1.807, 2.05) is 19.9 Å². The molecule has 0 atom stereocenters. The van der Waals surface area contributed by atoms with Crippen molar-refractivity contribution in [3.8, 4) is 0 Å². The van der Waals surface area contributed by atoms with Gasteiger partial charge in [0.1, 0.15) is 0 Å². The smallest absolute Gasteiger partial charge is 0.208 e. The Morgan fingerprint density at radius 3 is 2.60 bits per heavy atom. The topological polar surface area (TPSA) is 24.8 Å². The molecule has 0 aromatic carbocycles. The minimum absolute atomic E-state index is 0.664. The molecule has 3 nitrogen and oxygen atoms in total. The van der Waals surface area contributed by atoms with E-state index in [9.17, 15) is 0 Å². The third-order valence-electron chi connectivity index (χ3n) is 1.66. The second-order valence-electron chi connectivity index (χ2n) is 3.74. The largest absolute Gasteiger partial charge is 0.478 e. The van der Waals surface area contributed by atoms with E-state index in [4.69, 9.17) is 4.74 Å². The molecule has 0 fully saturated rings. The highest BCUT2D eigenvalue weighted by atomic mass is 16.5. The van der Waals surface area contributed by atoms with Gasteiger partial charge >= 0.3 is 0 Å². The maximum Gasteiger partial charge on any atom is 0.208 e. The first kappa shape index (κ1) is 13.9. The molecule has 0 saturated heterocycles. The molecule has 0 aliphatic heterocycles. The van der Waals surface area contributed by atoms with Gasteiger partial charge in [0.2, 0.25) is 5.88 Å². The van der Waals surface area contributed by atoms with Gasteiger partial charge in [0.05, 0.1) is 6.61 Å². The molecule has 0 spiro atoms. The molecule has 0 unspecified atom stereocenters. The standard InChI is InChI=1S/C12H22N2O/c1-6-12(13-10-11(2)3)15-9-7-8-14(4)5/h6,10H,2,7-9H2,1,3-5H3/b12-6+,13-10?. The Bertz CT molecular complexity index is 242. The van der Waals surface area contributed by atoms with Gasteiger partial charge in [0.15, 0.2) is 0 Å². The highest BCUT2D eigenvalue weighted by molar-refractivity contribution is 5.77. The van der Waals surface area contributed by atoms with E-state index < -0.39 is 0 Å². The fourth-order valence-electron chi connectivity index (χ4n) is 0.926. The summed E-state index contributed by atoms with van der Waals surface area (Å²) in [5.74, 6) is 0.664. The van der Waals surface area contributed by atoms with Crippen LogP contribution in [0.25, 0.3) is 0 Å². The molecule has 15 heavy (non-hydrogen) atoms. The van der Waals surface area contributed by atoms with Crippen LogP contribution in [0.5, 0.6) is 0 Å². The van der Waals surface area contributed by atoms with E-state index in [0.717, 1.165) is 18.5 Å². The van der Waals surface area contributed by atoms with Gasteiger partial charge in [0.25, 0.3) is 0 Å². The van der Waals surface area contributed by atoms with Crippen molar-refractivity contribution >= 4 is 6.21 Å². The number of rotatable bonds is 7. The summed E-state index contributed by atoms with van der Waals surface area (Å²) in [6, 6.07) is 0. The van der Waals surface area contributed by atoms with E-state index in [0.29, 0.717) is 12.5 Å². The predicted molar refractivity (Wildman–Crippen MR) is 66.2 cm³/mol. The first-order valence-electron chi connectivity index (χ1n) is 5.19. The highest BCUT2D eigenvalue weighted by Crippen LogP contribution is 2.00. The lowest BCUT2D eigenvalue weighted by atomic mass is 10.4. The first-order chi connectivity index (χ1) is 7.06. The third-order valence-corrected chi connectivity index (χ3v) is 1.66. The molecule has 0 aliphatic rings. The molecule has 86 valence electrons. The van der Waals surface area contributed by atoms with Gasteiger partial charge in [-0.15, -0.1) is 0 Å². The lowest BCUT2D eigenvalue weighted by Gasteiger charge is -2.10. The van der Waals surface area contributed by atoms with Crippen molar-refractivity contribution in [1.82, 2.24) is 4.90 Å². The zero-order chi connectivity index (χ0) is 11.7. The minimum Gasteiger partial charge on any atom is -0.478 e. The third kappa shape index (κ3) is 9.22. The van der Waals surface area contributed by atoms with Crippen molar-refractivity contribution in [3.63, 3.8) is 0 Å². The maximum atomic E-state index is 5.49. The summed E-state index contributed by atoms with van der Waals surface area (Å²) >= 11 is 0. The molecule has 0 saturated carbocycles. The Morgan fingerprint density at radius 1 is 1.47 bits per heavy atom. The van der Waals surface area contributed by atoms with E-state index in [1.54, 1.807) is 6.21 Å². The van der Waals surface area contributed by atoms with E-state index in [2.05, 4.69) is 30.6 Å². The summed E-state index contributed by atoms with van der Waals surface area (Å²) in [4.78, 5) is 6.29. The van der Waals surface area contributed by atoms with Crippen molar-refractivity contribution in [2.24, 2.45) is 4.99 Å². The molecule has 0 amide bonds. The van der Waals surface area contributed by atoms with Crippen molar-refractivity contribution in [3.05, 3.63) is 24.1 Å². The molecular formula is C12H22N2O. The normalized spacial score (nSPS) is 12.5. The molecule has 0 aliphatic carbocycles. The number of ether oxygens (including phenoxy) is 1. The van der Waals surface area contributed by atoms with Crippen molar-refractivity contribution in [1.29, 1.82) is 0 Å². The Balaban J connectivity index is 3.78. The van der Waals surface area contributed by atoms with Crippen molar-refractivity contribution in [2.75, 3.05) is 27.2 Å². The van der Waals surface area contributed by atoms with Crippen molar-refractivity contribution in [2.45, 2.75) is 20.3 Å². The zero-order valence-corrected chi connectivity index (χ0v) is 10.3. The van der Waals surface area contributed by atoms with Crippen LogP contribution in [0, 0.1) is 0 Å². The summed E-state index contributed by atoms with van der Waals surface area (Å²) in [5.41, 5.74) is 0.922. The molecule has 0 radical (unpaired) electrons. The molecule has 0 aromatic rings. The number of aliphatic imine (C=N–C) groups is 1. The van der Waals surface area contributed by atoms with Crippen LogP contribution in [0.4, 0.5) is 0 Å². The minimum atomic E-state index is 0.664. The fraction of sp³-hybridized carbons (Fsp3) is 0.583. The van der Waals surface area contributed by atoms with Crippen LogP contribution >= 0.6 is 0 Å². The van der Waals surface area contributed by atoms with Gasteiger partial charge in [-0.3, -0.25) is 0 Å². The Kier molecular flexibility index (Phi) is 7.64. The van der Waals surface area contributed by atoms with Gasteiger partial charge in [-0.1, -0.05) is 6.58 Å². The lowest BCUT2D eigenvalue weighted by molar-refractivity contribution is 0.194. The van der Waals surface area contributed by atoms with Crippen LogP contribution in [0.2, 0.25) is 0 Å². The second-order valence-corrected chi connectivity index (χ2v) is 3.74. The van der Waals surface area contributed by atoms with E-state index in [-0.39, 0.29) is 0 Å². The van der Waals surface area contributed by atoms with Crippen LogP contribution in [0.3, 0.4) is 0 Å². The Labute approximate surface area is 93.1 Å². The number of hydrogen-bond donors (Lipinski definition) is 0. The Hall–Kier alpha value is -1.09. The van der Waals surface area contributed by atoms with Crippen LogP contribution in [-0.4, -0.2) is 38.4 Å². The SMILES string of the molecule is C=C(C)C=N/C(=C\C)OCCCN(C)C. The van der Waals surface area contributed by atoms with Crippen LogP contribution < -0.4 is 0 Å². The second kappa shape index (κ2) is 8.24. The zero-order valence-electron chi connectivity index (χ0n) is 10.3. The van der Waals surface area contributed by atoms with E-state index >= 15 is 0 Å². The fourth-order valence-corrected chi connectivity index (χ4v) is 0.926. The molecule has 0 N–H and O–H groups in total. The molecule has 0 rings (SSSR count). The number of hydrogen-bond acceptors (Lipinski definition) is 3. The molecule has 3 heteroatoms. The maximum absolute atomic E-state index is 5.49. The summed E-state index contributed by atoms with van der Waals surface area (Å²) in [6.45, 7) is 9.29. The molecule has 0 bridgehead atoms. The van der Waals surface area contributed by atoms with Gasteiger partial charge in [-0.2, -0.15) is 0 Å². The Morgan fingerprint density at radius 2 is 2.13 bits per heavy atom. The van der Waals surface area contributed by atoms with Crippen molar-refractivity contribution < 1.29 is 4.74 Å². The van der Waals surface area contributed by atoms with Gasteiger partial charge in [-0.05, 0) is 46.0 Å². The average Bonchev–Trinajstić information content (AvgIpc) is 2.16. The van der Waals surface area contributed by atoms with E-state index in [1.165, 1.54) is 0 Å². The average molecular weight is 210 g/mol. The highest BCUT2D eigenvalue weighted by Gasteiger charge is 1.94. The first-order valence-corrected chi connectivity index (χ1v) is 5.19. The summed E-state index contributed by atoms with van der Waals surface area (Å²) in [7, 11) is 4.10. The number of nitrogens with zero attached hydrogens (tertiary/aromatic N) is 2.